The molecule has 1 fully saturated rings. The van der Waals surface area contributed by atoms with Crippen molar-refractivity contribution >= 4 is 17.6 Å². The average molecular weight is 346 g/mol. The van der Waals surface area contributed by atoms with Crippen molar-refractivity contribution in [1.82, 2.24) is 15.6 Å². The minimum absolute atomic E-state index is 0.0587. The normalized spacial score (nSPS) is 19.9. The second kappa shape index (κ2) is 7.64. The van der Waals surface area contributed by atoms with E-state index in [-0.39, 0.29) is 18.2 Å². The predicted octanol–water partition coefficient (Wildman–Crippen LogP) is 3.37. The highest BCUT2D eigenvalue weighted by Gasteiger charge is 2.30. The van der Waals surface area contributed by atoms with E-state index in [4.69, 9.17) is 16.3 Å². The monoisotopic (exact) mass is 345 g/mol. The first kappa shape index (κ1) is 16.7. The molecule has 6 heteroatoms. The van der Waals surface area contributed by atoms with Gasteiger partial charge in [-0.3, -0.25) is 4.98 Å². The van der Waals surface area contributed by atoms with Crippen molar-refractivity contribution < 1.29 is 9.53 Å². The summed E-state index contributed by atoms with van der Waals surface area (Å²) in [5.74, 6) is 0. The number of halogens is 1. The van der Waals surface area contributed by atoms with E-state index < -0.39 is 0 Å². The number of carbonyl (C=O) groups is 1. The molecule has 2 N–H and O–H groups in total. The van der Waals surface area contributed by atoms with Crippen LogP contribution in [0, 0.1) is 6.92 Å². The van der Waals surface area contributed by atoms with Crippen LogP contribution in [0.2, 0.25) is 5.02 Å². The van der Waals surface area contributed by atoms with Crippen LogP contribution >= 0.6 is 11.6 Å². The third-order valence-corrected chi connectivity index (χ3v) is 4.23. The Labute approximate surface area is 146 Å². The van der Waals surface area contributed by atoms with Gasteiger partial charge in [-0.25, -0.2) is 4.79 Å². The second-order valence-electron chi connectivity index (χ2n) is 5.84. The van der Waals surface area contributed by atoms with Gasteiger partial charge < -0.3 is 15.4 Å². The number of hydrogen-bond donors (Lipinski definition) is 2. The Morgan fingerprint density at radius 3 is 2.83 bits per heavy atom. The summed E-state index contributed by atoms with van der Waals surface area (Å²) in [5, 5.41) is 6.52. The molecule has 24 heavy (non-hydrogen) atoms. The Kier molecular flexibility index (Phi) is 5.33. The number of amides is 2. The zero-order valence-corrected chi connectivity index (χ0v) is 14.2. The largest absolute Gasteiger partial charge is 0.371 e. The van der Waals surface area contributed by atoms with Gasteiger partial charge >= 0.3 is 6.03 Å². The number of nitrogens with zero attached hydrogens (tertiary/aromatic N) is 1. The quantitative estimate of drug-likeness (QED) is 0.893. The summed E-state index contributed by atoms with van der Waals surface area (Å²) in [5.41, 5.74) is 2.78. The molecule has 1 aliphatic heterocycles. The molecule has 1 aliphatic rings. The molecule has 2 atom stereocenters. The van der Waals surface area contributed by atoms with Gasteiger partial charge in [-0.05, 0) is 43.2 Å². The number of ether oxygens (including phenoxy) is 1. The standard InChI is InChI=1S/C18H20ClN3O2/c1-12-3-2-4-15(21-12)11-20-18(23)22-16-9-10-24-17(16)13-5-7-14(19)8-6-13/h2-8,16-17H,9-11H2,1H3,(H2,20,22,23)/t16-,17+/m0/s1. The highest BCUT2D eigenvalue weighted by atomic mass is 35.5. The van der Waals surface area contributed by atoms with Crippen molar-refractivity contribution in [3.63, 3.8) is 0 Å². The average Bonchev–Trinajstić information content (AvgIpc) is 3.02. The topological polar surface area (TPSA) is 63.2 Å². The van der Waals surface area contributed by atoms with Gasteiger partial charge in [-0.15, -0.1) is 0 Å². The Hall–Kier alpha value is -2.11. The molecule has 0 aliphatic carbocycles. The highest BCUT2D eigenvalue weighted by molar-refractivity contribution is 6.30. The fourth-order valence-corrected chi connectivity index (χ4v) is 2.93. The lowest BCUT2D eigenvalue weighted by Crippen LogP contribution is -2.43. The Bertz CT molecular complexity index is 706. The lowest BCUT2D eigenvalue weighted by Gasteiger charge is -2.20. The van der Waals surface area contributed by atoms with Crippen LogP contribution in [-0.4, -0.2) is 23.7 Å². The summed E-state index contributed by atoms with van der Waals surface area (Å²) in [7, 11) is 0. The first-order chi connectivity index (χ1) is 11.6. The van der Waals surface area contributed by atoms with Gasteiger partial charge in [0.05, 0.1) is 18.3 Å². The molecule has 2 heterocycles. The van der Waals surface area contributed by atoms with Crippen molar-refractivity contribution in [2.75, 3.05) is 6.61 Å². The minimum atomic E-state index is -0.215. The van der Waals surface area contributed by atoms with Crippen LogP contribution in [0.15, 0.2) is 42.5 Å². The van der Waals surface area contributed by atoms with Crippen molar-refractivity contribution in [2.24, 2.45) is 0 Å². The van der Waals surface area contributed by atoms with E-state index in [0.29, 0.717) is 18.2 Å². The predicted molar refractivity (Wildman–Crippen MR) is 92.9 cm³/mol. The number of aromatic nitrogens is 1. The SMILES string of the molecule is Cc1cccc(CNC(=O)N[C@H]2CCO[C@@H]2c2ccc(Cl)cc2)n1. The Balaban J connectivity index is 1.56. The molecular formula is C18H20ClN3O2. The van der Waals surface area contributed by atoms with E-state index in [2.05, 4.69) is 15.6 Å². The van der Waals surface area contributed by atoms with Crippen LogP contribution in [0.1, 0.15) is 29.5 Å². The summed E-state index contributed by atoms with van der Waals surface area (Å²) in [6.45, 7) is 2.94. The number of aryl methyl sites for hydroxylation is 1. The highest BCUT2D eigenvalue weighted by Crippen LogP contribution is 2.29. The van der Waals surface area contributed by atoms with Gasteiger partial charge in [0.2, 0.25) is 0 Å². The Morgan fingerprint density at radius 1 is 1.29 bits per heavy atom. The van der Waals surface area contributed by atoms with Crippen LogP contribution < -0.4 is 10.6 Å². The number of nitrogens with one attached hydrogen (secondary N) is 2. The third-order valence-electron chi connectivity index (χ3n) is 3.98. The molecule has 1 saturated heterocycles. The van der Waals surface area contributed by atoms with Gasteiger partial charge in [-0.1, -0.05) is 29.8 Å². The van der Waals surface area contributed by atoms with Crippen molar-refractivity contribution in [1.29, 1.82) is 0 Å². The van der Waals surface area contributed by atoms with Crippen molar-refractivity contribution in [3.8, 4) is 0 Å². The van der Waals surface area contributed by atoms with Gasteiger partial charge in [0.1, 0.15) is 6.10 Å². The lowest BCUT2D eigenvalue weighted by atomic mass is 10.0. The molecule has 0 spiro atoms. The molecule has 0 bridgehead atoms. The fraction of sp³-hybridized carbons (Fsp3) is 0.333. The maximum Gasteiger partial charge on any atom is 0.315 e. The number of benzene rings is 1. The summed E-state index contributed by atoms with van der Waals surface area (Å²) in [6.07, 6.45) is 0.633. The van der Waals surface area contributed by atoms with Crippen molar-refractivity contribution in [3.05, 3.63) is 64.4 Å². The molecule has 1 aromatic heterocycles. The van der Waals surface area contributed by atoms with Crippen LogP contribution in [0.25, 0.3) is 0 Å². The van der Waals surface area contributed by atoms with E-state index in [0.717, 1.165) is 23.4 Å². The maximum atomic E-state index is 12.2. The van der Waals surface area contributed by atoms with Gasteiger partial charge in [0.15, 0.2) is 0 Å². The molecule has 0 saturated carbocycles. The number of hydrogen-bond acceptors (Lipinski definition) is 3. The number of rotatable bonds is 4. The van der Waals surface area contributed by atoms with Crippen LogP contribution in [-0.2, 0) is 11.3 Å². The van der Waals surface area contributed by atoms with E-state index >= 15 is 0 Å². The fourth-order valence-electron chi connectivity index (χ4n) is 2.81. The number of urea groups is 1. The van der Waals surface area contributed by atoms with E-state index in [1.165, 1.54) is 0 Å². The van der Waals surface area contributed by atoms with Crippen LogP contribution in [0.3, 0.4) is 0 Å². The zero-order chi connectivity index (χ0) is 16.9. The summed E-state index contributed by atoms with van der Waals surface area (Å²) >= 11 is 5.92. The first-order valence-electron chi connectivity index (χ1n) is 7.96. The summed E-state index contributed by atoms with van der Waals surface area (Å²) < 4.78 is 5.77. The second-order valence-corrected chi connectivity index (χ2v) is 6.27. The molecule has 1 aromatic carbocycles. The lowest BCUT2D eigenvalue weighted by molar-refractivity contribution is 0.0999. The number of pyridine rings is 1. The molecule has 0 unspecified atom stereocenters. The van der Waals surface area contributed by atoms with Gasteiger partial charge in [-0.2, -0.15) is 0 Å². The Morgan fingerprint density at radius 2 is 2.08 bits per heavy atom. The molecule has 5 nitrogen and oxygen atoms in total. The molecular weight excluding hydrogens is 326 g/mol. The van der Waals surface area contributed by atoms with E-state index in [1.54, 1.807) is 0 Å². The molecule has 0 radical (unpaired) electrons. The number of carbonyl (C=O) groups excluding carboxylic acids is 1. The minimum Gasteiger partial charge on any atom is -0.371 e. The molecule has 2 aromatic rings. The summed E-state index contributed by atoms with van der Waals surface area (Å²) in [6, 6.07) is 13.0. The smallest absolute Gasteiger partial charge is 0.315 e. The van der Waals surface area contributed by atoms with E-state index in [9.17, 15) is 4.79 Å². The first-order valence-corrected chi connectivity index (χ1v) is 8.33. The van der Waals surface area contributed by atoms with Gasteiger partial charge in [0.25, 0.3) is 0 Å². The molecule has 2 amide bonds. The zero-order valence-electron chi connectivity index (χ0n) is 13.5. The maximum absolute atomic E-state index is 12.2. The van der Waals surface area contributed by atoms with Crippen LogP contribution in [0.4, 0.5) is 4.79 Å². The van der Waals surface area contributed by atoms with Crippen LogP contribution in [0.5, 0.6) is 0 Å². The van der Waals surface area contributed by atoms with E-state index in [1.807, 2.05) is 49.4 Å². The molecule has 126 valence electrons. The third kappa shape index (κ3) is 4.24. The van der Waals surface area contributed by atoms with Gasteiger partial charge in [0, 0.05) is 17.3 Å². The summed E-state index contributed by atoms with van der Waals surface area (Å²) in [4.78, 5) is 16.5. The molecule has 3 rings (SSSR count). The van der Waals surface area contributed by atoms with Crippen molar-refractivity contribution in [2.45, 2.75) is 32.0 Å².